The van der Waals surface area contributed by atoms with Crippen molar-refractivity contribution >= 4 is 17.3 Å². The van der Waals surface area contributed by atoms with Crippen LogP contribution in [0.15, 0.2) is 18.2 Å². The van der Waals surface area contributed by atoms with Gasteiger partial charge in [-0.1, -0.05) is 13.0 Å². The Morgan fingerprint density at radius 1 is 1.42 bits per heavy atom. The molecule has 1 saturated carbocycles. The van der Waals surface area contributed by atoms with E-state index in [1.54, 1.807) is 7.11 Å². The van der Waals surface area contributed by atoms with Crippen LogP contribution >= 0.6 is 0 Å². The number of methoxy groups -OCH3 is 1. The second-order valence-corrected chi connectivity index (χ2v) is 5.10. The molecule has 4 nitrogen and oxygen atoms in total. The summed E-state index contributed by atoms with van der Waals surface area (Å²) in [6, 6.07) is 6.44. The lowest BCUT2D eigenvalue weighted by molar-refractivity contribution is -0.115. The number of rotatable bonds is 5. The monoisotopic (exact) mass is 262 g/mol. The van der Waals surface area contributed by atoms with E-state index in [1.807, 2.05) is 25.1 Å². The molecule has 1 aromatic carbocycles. The molecule has 1 amide bonds. The molecule has 19 heavy (non-hydrogen) atoms. The number of ether oxygens (including phenoxy) is 1. The van der Waals surface area contributed by atoms with E-state index < -0.39 is 0 Å². The molecule has 2 rings (SSSR count). The smallest absolute Gasteiger partial charge is 0.224 e. The number of nitrogens with one attached hydrogen (secondary N) is 2. The minimum Gasteiger partial charge on any atom is -0.382 e. The summed E-state index contributed by atoms with van der Waals surface area (Å²) in [5.74, 6) is 0.0397. The fourth-order valence-electron chi connectivity index (χ4n) is 2.20. The summed E-state index contributed by atoms with van der Waals surface area (Å²) in [6.45, 7) is 3.92. The van der Waals surface area contributed by atoms with Gasteiger partial charge in [-0.15, -0.1) is 0 Å². The molecule has 1 aromatic rings. The third-order valence-electron chi connectivity index (χ3n) is 3.63. The highest BCUT2D eigenvalue weighted by Crippen LogP contribution is 2.29. The van der Waals surface area contributed by atoms with Gasteiger partial charge in [0.05, 0.1) is 6.10 Å². The van der Waals surface area contributed by atoms with Crippen molar-refractivity contribution < 1.29 is 9.53 Å². The molecule has 104 valence electrons. The Morgan fingerprint density at radius 2 is 2.16 bits per heavy atom. The van der Waals surface area contributed by atoms with Crippen molar-refractivity contribution in [2.24, 2.45) is 0 Å². The summed E-state index contributed by atoms with van der Waals surface area (Å²) in [5, 5.41) is 6.40. The lowest BCUT2D eigenvalue weighted by Crippen LogP contribution is -2.40. The van der Waals surface area contributed by atoms with Crippen LogP contribution in [0.25, 0.3) is 0 Å². The molecule has 1 fully saturated rings. The van der Waals surface area contributed by atoms with E-state index in [0.29, 0.717) is 18.6 Å². The number of anilines is 2. The van der Waals surface area contributed by atoms with Crippen LogP contribution in [0.1, 0.15) is 31.7 Å². The van der Waals surface area contributed by atoms with Crippen LogP contribution in [0.2, 0.25) is 0 Å². The van der Waals surface area contributed by atoms with E-state index in [4.69, 9.17) is 4.74 Å². The van der Waals surface area contributed by atoms with E-state index >= 15 is 0 Å². The van der Waals surface area contributed by atoms with Gasteiger partial charge in [-0.3, -0.25) is 4.79 Å². The van der Waals surface area contributed by atoms with E-state index in [2.05, 4.69) is 17.6 Å². The van der Waals surface area contributed by atoms with Crippen LogP contribution in [0.5, 0.6) is 0 Å². The lowest BCUT2D eigenvalue weighted by Gasteiger charge is -2.35. The first-order valence-corrected chi connectivity index (χ1v) is 6.82. The van der Waals surface area contributed by atoms with Crippen LogP contribution < -0.4 is 10.6 Å². The Balaban J connectivity index is 1.99. The number of carbonyl (C=O) groups is 1. The highest BCUT2D eigenvalue weighted by Gasteiger charge is 2.28. The average molecular weight is 262 g/mol. The van der Waals surface area contributed by atoms with Crippen molar-refractivity contribution in [3.8, 4) is 0 Å². The normalized spacial score (nSPS) is 21.6. The third kappa shape index (κ3) is 3.47. The zero-order valence-corrected chi connectivity index (χ0v) is 11.8. The second-order valence-electron chi connectivity index (χ2n) is 5.10. The lowest BCUT2D eigenvalue weighted by atomic mass is 9.89. The van der Waals surface area contributed by atoms with Gasteiger partial charge in [-0.05, 0) is 37.5 Å². The molecule has 4 heteroatoms. The van der Waals surface area contributed by atoms with Crippen LogP contribution in [0.4, 0.5) is 11.4 Å². The average Bonchev–Trinajstić information content (AvgIpc) is 2.36. The van der Waals surface area contributed by atoms with Crippen molar-refractivity contribution in [3.05, 3.63) is 23.8 Å². The van der Waals surface area contributed by atoms with Gasteiger partial charge in [0.15, 0.2) is 0 Å². The van der Waals surface area contributed by atoms with E-state index in [-0.39, 0.29) is 5.91 Å². The van der Waals surface area contributed by atoms with E-state index in [9.17, 15) is 4.79 Å². The van der Waals surface area contributed by atoms with E-state index in [0.717, 1.165) is 24.2 Å². The second kappa shape index (κ2) is 6.06. The maximum absolute atomic E-state index is 11.4. The van der Waals surface area contributed by atoms with Crippen molar-refractivity contribution in [1.82, 2.24) is 0 Å². The molecular formula is C15H22N2O2. The molecule has 0 radical (unpaired) electrons. The standard InChI is InChI=1S/C15H22N2O2/c1-4-15(18)17-11-6-5-10(2)14(9-11)16-12-7-13(8-12)19-3/h5-6,9,12-13,16H,4,7-8H2,1-3H3,(H,17,18). The summed E-state index contributed by atoms with van der Waals surface area (Å²) in [5.41, 5.74) is 3.13. The molecule has 0 aliphatic heterocycles. The fourth-order valence-corrected chi connectivity index (χ4v) is 2.20. The highest BCUT2D eigenvalue weighted by molar-refractivity contribution is 5.91. The van der Waals surface area contributed by atoms with Crippen LogP contribution in [0, 0.1) is 6.92 Å². The van der Waals surface area contributed by atoms with Gasteiger partial charge in [-0.25, -0.2) is 0 Å². The predicted molar refractivity (Wildman–Crippen MR) is 77.5 cm³/mol. The van der Waals surface area contributed by atoms with Crippen LogP contribution in [-0.4, -0.2) is 25.2 Å². The largest absolute Gasteiger partial charge is 0.382 e. The fraction of sp³-hybridized carbons (Fsp3) is 0.533. The summed E-state index contributed by atoms with van der Waals surface area (Å²) in [4.78, 5) is 11.4. The van der Waals surface area contributed by atoms with Crippen LogP contribution in [-0.2, 0) is 9.53 Å². The molecule has 2 N–H and O–H groups in total. The van der Waals surface area contributed by atoms with E-state index in [1.165, 1.54) is 5.56 Å². The summed E-state index contributed by atoms with van der Waals surface area (Å²) < 4.78 is 5.28. The SMILES string of the molecule is CCC(=O)Nc1ccc(C)c(NC2CC(OC)C2)c1. The Bertz CT molecular complexity index is 453. The number of carbonyl (C=O) groups excluding carboxylic acids is 1. The summed E-state index contributed by atoms with van der Waals surface area (Å²) in [6.07, 6.45) is 2.97. The molecule has 0 unspecified atom stereocenters. The molecule has 0 atom stereocenters. The first-order valence-electron chi connectivity index (χ1n) is 6.82. The Labute approximate surface area is 114 Å². The first kappa shape index (κ1) is 13.9. The molecular weight excluding hydrogens is 240 g/mol. The minimum absolute atomic E-state index is 0.0397. The van der Waals surface area contributed by atoms with Crippen molar-refractivity contribution in [3.63, 3.8) is 0 Å². The quantitative estimate of drug-likeness (QED) is 0.857. The molecule has 0 spiro atoms. The molecule has 1 aliphatic carbocycles. The van der Waals surface area contributed by atoms with Crippen molar-refractivity contribution in [2.45, 2.75) is 45.3 Å². The first-order chi connectivity index (χ1) is 9.12. The van der Waals surface area contributed by atoms with Crippen molar-refractivity contribution in [1.29, 1.82) is 0 Å². The Hall–Kier alpha value is -1.55. The Morgan fingerprint density at radius 3 is 2.79 bits per heavy atom. The molecule has 0 saturated heterocycles. The summed E-state index contributed by atoms with van der Waals surface area (Å²) >= 11 is 0. The van der Waals surface area contributed by atoms with Gasteiger partial charge in [0.1, 0.15) is 0 Å². The van der Waals surface area contributed by atoms with Gasteiger partial charge < -0.3 is 15.4 Å². The van der Waals surface area contributed by atoms with Crippen LogP contribution in [0.3, 0.4) is 0 Å². The number of amides is 1. The molecule has 0 bridgehead atoms. The molecule has 0 heterocycles. The molecule has 1 aliphatic rings. The third-order valence-corrected chi connectivity index (χ3v) is 3.63. The molecule has 0 aromatic heterocycles. The topological polar surface area (TPSA) is 50.4 Å². The number of hydrogen-bond donors (Lipinski definition) is 2. The minimum atomic E-state index is 0.0397. The number of aryl methyl sites for hydroxylation is 1. The number of benzene rings is 1. The summed E-state index contributed by atoms with van der Waals surface area (Å²) in [7, 11) is 1.76. The number of hydrogen-bond acceptors (Lipinski definition) is 3. The zero-order chi connectivity index (χ0) is 13.8. The highest BCUT2D eigenvalue weighted by atomic mass is 16.5. The van der Waals surface area contributed by atoms with Gasteiger partial charge in [-0.2, -0.15) is 0 Å². The van der Waals surface area contributed by atoms with Gasteiger partial charge in [0.25, 0.3) is 0 Å². The van der Waals surface area contributed by atoms with Crippen molar-refractivity contribution in [2.75, 3.05) is 17.7 Å². The van der Waals surface area contributed by atoms with Gasteiger partial charge in [0.2, 0.25) is 5.91 Å². The van der Waals surface area contributed by atoms with Gasteiger partial charge >= 0.3 is 0 Å². The van der Waals surface area contributed by atoms with Gasteiger partial charge in [0, 0.05) is 30.9 Å². The maximum Gasteiger partial charge on any atom is 0.224 e. The Kier molecular flexibility index (Phi) is 4.43. The zero-order valence-electron chi connectivity index (χ0n) is 11.8. The maximum atomic E-state index is 11.4. The predicted octanol–water partition coefficient (Wildman–Crippen LogP) is 2.93.